The highest BCUT2D eigenvalue weighted by molar-refractivity contribution is 5.76. The van der Waals surface area contributed by atoms with Crippen LogP contribution >= 0.6 is 0 Å². The van der Waals surface area contributed by atoms with Gasteiger partial charge in [0, 0.05) is 19.0 Å². The lowest BCUT2D eigenvalue weighted by atomic mass is 9.96. The molecule has 0 bridgehead atoms. The van der Waals surface area contributed by atoms with Crippen LogP contribution < -0.4 is 0 Å². The average Bonchev–Trinajstić information content (AvgIpc) is 3.16. The van der Waals surface area contributed by atoms with Gasteiger partial charge in [0.2, 0.25) is 0 Å². The fourth-order valence-corrected chi connectivity index (χ4v) is 3.43. The number of rotatable bonds is 3. The van der Waals surface area contributed by atoms with Crippen molar-refractivity contribution in [3.8, 4) is 6.07 Å². The van der Waals surface area contributed by atoms with Crippen molar-refractivity contribution in [3.63, 3.8) is 0 Å². The van der Waals surface area contributed by atoms with Gasteiger partial charge in [0.05, 0.1) is 22.7 Å². The van der Waals surface area contributed by atoms with Gasteiger partial charge in [0.25, 0.3) is 0 Å². The number of carbonyl (C=O) groups excluding carboxylic acids is 1. The van der Waals surface area contributed by atoms with Crippen LogP contribution in [0, 0.1) is 11.3 Å². The van der Waals surface area contributed by atoms with Gasteiger partial charge >= 0.3 is 6.09 Å². The van der Waals surface area contributed by atoms with Crippen molar-refractivity contribution in [1.82, 2.24) is 14.9 Å². The molecule has 2 aromatic carbocycles. The van der Waals surface area contributed by atoms with E-state index < -0.39 is 0 Å². The number of fused-ring (bicyclic) bond motifs is 1. The first-order chi connectivity index (χ1) is 13.2. The maximum atomic E-state index is 12.3. The molecule has 1 N–H and O–H groups in total. The maximum Gasteiger partial charge on any atom is 0.410 e. The van der Waals surface area contributed by atoms with Gasteiger partial charge < -0.3 is 14.6 Å². The van der Waals surface area contributed by atoms with Crippen molar-refractivity contribution in [2.75, 3.05) is 13.1 Å². The van der Waals surface area contributed by atoms with Crippen LogP contribution in [0.4, 0.5) is 4.79 Å². The smallest absolute Gasteiger partial charge is 0.410 e. The zero-order valence-corrected chi connectivity index (χ0v) is 14.9. The molecule has 0 unspecified atom stereocenters. The first-order valence-corrected chi connectivity index (χ1v) is 9.08. The highest BCUT2D eigenvalue weighted by atomic mass is 16.6. The number of nitrogens with one attached hydrogen (secondary N) is 1. The summed E-state index contributed by atoms with van der Waals surface area (Å²) < 4.78 is 5.41. The Morgan fingerprint density at radius 1 is 1.22 bits per heavy atom. The quantitative estimate of drug-likeness (QED) is 0.767. The number of H-pyrrole nitrogens is 1. The number of ether oxygens (including phenoxy) is 1. The van der Waals surface area contributed by atoms with Crippen molar-refractivity contribution in [3.05, 3.63) is 65.5 Å². The predicted octanol–water partition coefficient (Wildman–Crippen LogP) is 3.95. The van der Waals surface area contributed by atoms with E-state index in [4.69, 9.17) is 10.00 Å². The summed E-state index contributed by atoms with van der Waals surface area (Å²) in [7, 11) is 0. The largest absolute Gasteiger partial charge is 0.445 e. The van der Waals surface area contributed by atoms with Crippen LogP contribution in [0.5, 0.6) is 0 Å². The Kier molecular flexibility index (Phi) is 4.75. The summed E-state index contributed by atoms with van der Waals surface area (Å²) >= 11 is 0. The molecule has 0 spiro atoms. The van der Waals surface area contributed by atoms with Crippen LogP contribution in [-0.2, 0) is 11.3 Å². The van der Waals surface area contributed by atoms with Gasteiger partial charge in [-0.25, -0.2) is 9.78 Å². The molecule has 4 rings (SSSR count). The van der Waals surface area contributed by atoms with E-state index in [0.717, 1.165) is 35.3 Å². The summed E-state index contributed by atoms with van der Waals surface area (Å²) in [5.74, 6) is 1.21. The van der Waals surface area contributed by atoms with Gasteiger partial charge in [-0.1, -0.05) is 30.3 Å². The van der Waals surface area contributed by atoms with E-state index in [1.54, 1.807) is 17.0 Å². The minimum absolute atomic E-state index is 0.263. The van der Waals surface area contributed by atoms with Crippen LogP contribution in [-0.4, -0.2) is 34.1 Å². The van der Waals surface area contributed by atoms with Crippen molar-refractivity contribution in [2.45, 2.75) is 25.4 Å². The molecule has 0 saturated carbocycles. The number of hydrogen-bond acceptors (Lipinski definition) is 4. The summed E-state index contributed by atoms with van der Waals surface area (Å²) in [6.07, 6.45) is 1.41. The molecule has 0 atom stereocenters. The second-order valence-electron chi connectivity index (χ2n) is 6.77. The number of aromatic amines is 1. The summed E-state index contributed by atoms with van der Waals surface area (Å²) in [6, 6.07) is 17.3. The number of likely N-dealkylation sites (tertiary alicyclic amines) is 1. The van der Waals surface area contributed by atoms with E-state index in [-0.39, 0.29) is 12.0 Å². The summed E-state index contributed by atoms with van der Waals surface area (Å²) in [5, 5.41) is 9.01. The maximum absolute atomic E-state index is 12.3. The molecule has 0 radical (unpaired) electrons. The van der Waals surface area contributed by atoms with Crippen molar-refractivity contribution in [1.29, 1.82) is 5.26 Å². The SMILES string of the molecule is N#Cc1ccc2[nH]c(C3CCN(C(=O)OCc4ccccc4)CC3)nc2c1. The van der Waals surface area contributed by atoms with E-state index in [2.05, 4.69) is 16.0 Å². The summed E-state index contributed by atoms with van der Waals surface area (Å²) in [4.78, 5) is 22.0. The third-order valence-corrected chi connectivity index (χ3v) is 4.98. The molecule has 0 aliphatic carbocycles. The molecule has 1 saturated heterocycles. The first kappa shape index (κ1) is 17.1. The third kappa shape index (κ3) is 3.77. The van der Waals surface area contributed by atoms with Gasteiger partial charge in [-0.05, 0) is 36.6 Å². The zero-order chi connectivity index (χ0) is 18.6. The molecule has 6 nitrogen and oxygen atoms in total. The van der Waals surface area contributed by atoms with Crippen molar-refractivity contribution < 1.29 is 9.53 Å². The monoisotopic (exact) mass is 360 g/mol. The topological polar surface area (TPSA) is 82.0 Å². The molecule has 6 heteroatoms. The molecule has 1 amide bonds. The molecule has 1 aliphatic heterocycles. The number of carbonyl (C=O) groups is 1. The number of piperidine rings is 1. The van der Waals surface area contributed by atoms with Crippen molar-refractivity contribution in [2.24, 2.45) is 0 Å². The Morgan fingerprint density at radius 2 is 2.00 bits per heavy atom. The fraction of sp³-hybridized carbons (Fsp3) is 0.286. The van der Waals surface area contributed by atoms with Crippen LogP contribution in [0.25, 0.3) is 11.0 Å². The predicted molar refractivity (Wildman–Crippen MR) is 101 cm³/mol. The van der Waals surface area contributed by atoms with Gasteiger partial charge in [-0.3, -0.25) is 0 Å². The Bertz CT molecular complexity index is 982. The highest BCUT2D eigenvalue weighted by Crippen LogP contribution is 2.28. The molecule has 1 fully saturated rings. The van der Waals surface area contributed by atoms with Crippen molar-refractivity contribution >= 4 is 17.1 Å². The number of imidazole rings is 1. The van der Waals surface area contributed by atoms with Crippen LogP contribution in [0.1, 0.15) is 35.7 Å². The van der Waals surface area contributed by atoms with Crippen LogP contribution in [0.2, 0.25) is 0 Å². The lowest BCUT2D eigenvalue weighted by molar-refractivity contribution is 0.0867. The zero-order valence-electron chi connectivity index (χ0n) is 14.9. The van der Waals surface area contributed by atoms with Gasteiger partial charge in [-0.15, -0.1) is 0 Å². The lowest BCUT2D eigenvalue weighted by Gasteiger charge is -2.30. The van der Waals surface area contributed by atoms with Gasteiger partial charge in [0.15, 0.2) is 0 Å². The van der Waals surface area contributed by atoms with Gasteiger partial charge in [-0.2, -0.15) is 5.26 Å². The molecule has 136 valence electrons. The highest BCUT2D eigenvalue weighted by Gasteiger charge is 2.26. The molecule has 2 heterocycles. The fourth-order valence-electron chi connectivity index (χ4n) is 3.43. The molecule has 3 aromatic rings. The van der Waals surface area contributed by atoms with E-state index in [1.807, 2.05) is 36.4 Å². The van der Waals surface area contributed by atoms with Crippen LogP contribution in [0.3, 0.4) is 0 Å². The number of nitriles is 1. The number of amides is 1. The normalized spacial score (nSPS) is 14.9. The molecular formula is C21H20N4O2. The minimum atomic E-state index is -0.263. The standard InChI is InChI=1S/C21H20N4O2/c22-13-16-6-7-18-19(12-16)24-20(23-18)17-8-10-25(11-9-17)21(26)27-14-15-4-2-1-3-5-15/h1-7,12,17H,8-11,14H2,(H,23,24). The Labute approximate surface area is 157 Å². The van der Waals surface area contributed by atoms with E-state index in [0.29, 0.717) is 25.3 Å². The molecule has 1 aliphatic rings. The second kappa shape index (κ2) is 7.50. The Hall–Kier alpha value is -3.33. The third-order valence-electron chi connectivity index (χ3n) is 4.98. The molecule has 1 aromatic heterocycles. The number of aromatic nitrogens is 2. The summed E-state index contributed by atoms with van der Waals surface area (Å²) in [6.45, 7) is 1.60. The first-order valence-electron chi connectivity index (χ1n) is 9.08. The van der Waals surface area contributed by atoms with Crippen LogP contribution in [0.15, 0.2) is 48.5 Å². The van der Waals surface area contributed by atoms with E-state index in [9.17, 15) is 4.79 Å². The number of nitrogens with zero attached hydrogens (tertiary/aromatic N) is 3. The number of hydrogen-bond donors (Lipinski definition) is 1. The number of benzene rings is 2. The Morgan fingerprint density at radius 3 is 2.74 bits per heavy atom. The summed E-state index contributed by atoms with van der Waals surface area (Å²) in [5.41, 5.74) is 3.35. The molecular weight excluding hydrogens is 340 g/mol. The second-order valence-corrected chi connectivity index (χ2v) is 6.77. The van der Waals surface area contributed by atoms with Gasteiger partial charge in [0.1, 0.15) is 12.4 Å². The minimum Gasteiger partial charge on any atom is -0.445 e. The van der Waals surface area contributed by atoms with E-state index >= 15 is 0 Å². The lowest BCUT2D eigenvalue weighted by Crippen LogP contribution is -2.38. The average molecular weight is 360 g/mol. The molecule has 27 heavy (non-hydrogen) atoms. The van der Waals surface area contributed by atoms with E-state index in [1.165, 1.54) is 0 Å². The Balaban J connectivity index is 1.34.